The predicted molar refractivity (Wildman–Crippen MR) is 102 cm³/mol. The first-order valence-corrected chi connectivity index (χ1v) is 9.71. The Morgan fingerprint density at radius 2 is 1.88 bits per heavy atom. The summed E-state index contributed by atoms with van der Waals surface area (Å²) in [4.78, 5) is 4.85. The topological polar surface area (TPSA) is 54.9 Å². The Balaban J connectivity index is 2.37. The van der Waals surface area contributed by atoms with Gasteiger partial charge in [0, 0.05) is 40.0 Å². The molecule has 1 saturated carbocycles. The molecule has 0 spiro atoms. The maximum Gasteiger partial charge on any atom is 0.191 e. The molecule has 0 radical (unpaired) electrons. The van der Waals surface area contributed by atoms with Crippen LogP contribution in [0, 0.1) is 11.3 Å². The number of guanidine groups is 1. The molecule has 0 bridgehead atoms. The standard InChI is InChI=1S/C19H39N3O2/c1-5-20-18(21-12-15-24-13-8-17(2)3)22-16-19(11-14-23-4)9-6-7-10-19/h17H,5-16H2,1-4H3,(H2,20,21,22). The van der Waals surface area contributed by atoms with E-state index in [1.807, 2.05) is 0 Å². The van der Waals surface area contributed by atoms with Crippen LogP contribution in [0.25, 0.3) is 0 Å². The van der Waals surface area contributed by atoms with Crippen LogP contribution in [0.5, 0.6) is 0 Å². The van der Waals surface area contributed by atoms with Gasteiger partial charge in [0.05, 0.1) is 6.61 Å². The summed E-state index contributed by atoms with van der Waals surface area (Å²) in [7, 11) is 1.79. The Hall–Kier alpha value is -0.810. The number of ether oxygens (including phenoxy) is 2. The van der Waals surface area contributed by atoms with Crippen LogP contribution in [-0.2, 0) is 9.47 Å². The Morgan fingerprint density at radius 3 is 2.50 bits per heavy atom. The number of hydrogen-bond donors (Lipinski definition) is 2. The van der Waals surface area contributed by atoms with Gasteiger partial charge in [-0.25, -0.2) is 0 Å². The molecule has 0 saturated heterocycles. The first kappa shape index (κ1) is 21.2. The van der Waals surface area contributed by atoms with Gasteiger partial charge in [0.25, 0.3) is 0 Å². The SMILES string of the molecule is CCNC(=NCC1(CCOC)CCCC1)NCCOCCC(C)C. The lowest BCUT2D eigenvalue weighted by molar-refractivity contribution is 0.128. The first-order valence-electron chi connectivity index (χ1n) is 9.71. The van der Waals surface area contributed by atoms with E-state index in [0.717, 1.165) is 58.3 Å². The monoisotopic (exact) mass is 341 g/mol. The quantitative estimate of drug-likeness (QED) is 0.325. The van der Waals surface area contributed by atoms with E-state index in [4.69, 9.17) is 14.5 Å². The largest absolute Gasteiger partial charge is 0.385 e. The van der Waals surface area contributed by atoms with E-state index in [1.54, 1.807) is 7.11 Å². The minimum atomic E-state index is 0.339. The molecule has 0 aromatic rings. The Kier molecular flexibility index (Phi) is 11.1. The van der Waals surface area contributed by atoms with E-state index < -0.39 is 0 Å². The second-order valence-corrected chi connectivity index (χ2v) is 7.37. The van der Waals surface area contributed by atoms with Crippen LogP contribution in [0.2, 0.25) is 0 Å². The van der Waals surface area contributed by atoms with Crippen LogP contribution in [0.3, 0.4) is 0 Å². The van der Waals surface area contributed by atoms with Crippen LogP contribution < -0.4 is 10.6 Å². The van der Waals surface area contributed by atoms with Gasteiger partial charge >= 0.3 is 0 Å². The summed E-state index contributed by atoms with van der Waals surface area (Å²) in [5, 5.41) is 6.73. The molecule has 5 nitrogen and oxygen atoms in total. The maximum atomic E-state index is 5.66. The van der Waals surface area contributed by atoms with Crippen molar-refractivity contribution in [3.05, 3.63) is 0 Å². The number of nitrogens with one attached hydrogen (secondary N) is 2. The van der Waals surface area contributed by atoms with Crippen molar-refractivity contribution in [2.24, 2.45) is 16.3 Å². The third-order valence-electron chi connectivity index (χ3n) is 4.80. The van der Waals surface area contributed by atoms with Gasteiger partial charge in [0.15, 0.2) is 5.96 Å². The molecule has 142 valence electrons. The molecular weight excluding hydrogens is 302 g/mol. The fourth-order valence-electron chi connectivity index (χ4n) is 3.18. The van der Waals surface area contributed by atoms with E-state index in [0.29, 0.717) is 11.3 Å². The molecule has 0 aliphatic heterocycles. The fraction of sp³-hybridized carbons (Fsp3) is 0.947. The van der Waals surface area contributed by atoms with Crippen molar-refractivity contribution in [3.63, 3.8) is 0 Å². The Morgan fingerprint density at radius 1 is 1.12 bits per heavy atom. The molecule has 0 aromatic carbocycles. The third kappa shape index (κ3) is 8.88. The number of nitrogens with zero attached hydrogens (tertiary/aromatic N) is 1. The number of rotatable bonds is 12. The minimum absolute atomic E-state index is 0.339. The lowest BCUT2D eigenvalue weighted by Gasteiger charge is -2.27. The van der Waals surface area contributed by atoms with Crippen molar-refractivity contribution in [2.45, 2.75) is 59.3 Å². The zero-order valence-corrected chi connectivity index (χ0v) is 16.3. The van der Waals surface area contributed by atoms with Gasteiger partial charge < -0.3 is 20.1 Å². The predicted octanol–water partition coefficient (Wildman–Crippen LogP) is 3.20. The summed E-state index contributed by atoms with van der Waals surface area (Å²) < 4.78 is 11.0. The van der Waals surface area contributed by atoms with Crippen molar-refractivity contribution < 1.29 is 9.47 Å². The molecule has 0 unspecified atom stereocenters. The van der Waals surface area contributed by atoms with Crippen LogP contribution in [0.15, 0.2) is 4.99 Å². The van der Waals surface area contributed by atoms with E-state index in [-0.39, 0.29) is 0 Å². The van der Waals surface area contributed by atoms with Gasteiger partial charge in [-0.1, -0.05) is 26.7 Å². The minimum Gasteiger partial charge on any atom is -0.385 e. The molecule has 1 aliphatic carbocycles. The van der Waals surface area contributed by atoms with Gasteiger partial charge in [-0.15, -0.1) is 0 Å². The van der Waals surface area contributed by atoms with Crippen LogP contribution in [0.4, 0.5) is 0 Å². The highest BCUT2D eigenvalue weighted by Crippen LogP contribution is 2.41. The van der Waals surface area contributed by atoms with Gasteiger partial charge in [0.1, 0.15) is 0 Å². The maximum absolute atomic E-state index is 5.66. The average Bonchev–Trinajstić information content (AvgIpc) is 3.03. The highest BCUT2D eigenvalue weighted by molar-refractivity contribution is 5.79. The highest BCUT2D eigenvalue weighted by atomic mass is 16.5. The van der Waals surface area contributed by atoms with Crippen molar-refractivity contribution in [1.82, 2.24) is 10.6 Å². The van der Waals surface area contributed by atoms with E-state index in [2.05, 4.69) is 31.4 Å². The van der Waals surface area contributed by atoms with Crippen molar-refractivity contribution in [2.75, 3.05) is 46.6 Å². The van der Waals surface area contributed by atoms with Crippen molar-refractivity contribution in [1.29, 1.82) is 0 Å². The van der Waals surface area contributed by atoms with E-state index in [9.17, 15) is 0 Å². The fourth-order valence-corrected chi connectivity index (χ4v) is 3.18. The second kappa shape index (κ2) is 12.5. The summed E-state index contributed by atoms with van der Waals surface area (Å²) in [6.45, 7) is 11.5. The summed E-state index contributed by atoms with van der Waals surface area (Å²) in [6, 6.07) is 0. The molecule has 0 amide bonds. The summed E-state index contributed by atoms with van der Waals surface area (Å²) >= 11 is 0. The molecule has 0 heterocycles. The normalized spacial score (nSPS) is 17.5. The molecule has 1 fully saturated rings. The first-order chi connectivity index (χ1) is 11.6. The molecule has 0 atom stereocenters. The highest BCUT2D eigenvalue weighted by Gasteiger charge is 2.33. The van der Waals surface area contributed by atoms with Gasteiger partial charge in [-0.05, 0) is 43.9 Å². The molecular formula is C19H39N3O2. The Bertz CT molecular complexity index is 340. The van der Waals surface area contributed by atoms with Gasteiger partial charge in [-0.3, -0.25) is 4.99 Å². The summed E-state index contributed by atoms with van der Waals surface area (Å²) in [5.74, 6) is 1.61. The number of hydrogen-bond acceptors (Lipinski definition) is 3. The Labute approximate surface area is 149 Å². The molecule has 24 heavy (non-hydrogen) atoms. The second-order valence-electron chi connectivity index (χ2n) is 7.37. The van der Waals surface area contributed by atoms with E-state index in [1.165, 1.54) is 25.7 Å². The van der Waals surface area contributed by atoms with Crippen LogP contribution in [0.1, 0.15) is 59.3 Å². The average molecular weight is 342 g/mol. The lowest BCUT2D eigenvalue weighted by Crippen LogP contribution is -2.40. The molecule has 1 aliphatic rings. The van der Waals surface area contributed by atoms with Crippen molar-refractivity contribution in [3.8, 4) is 0 Å². The third-order valence-corrected chi connectivity index (χ3v) is 4.80. The zero-order chi connectivity index (χ0) is 17.7. The van der Waals surface area contributed by atoms with E-state index >= 15 is 0 Å². The summed E-state index contributed by atoms with van der Waals surface area (Å²) in [5.41, 5.74) is 0.339. The molecule has 5 heteroatoms. The lowest BCUT2D eigenvalue weighted by atomic mass is 9.83. The van der Waals surface area contributed by atoms with Gasteiger partial charge in [-0.2, -0.15) is 0 Å². The molecule has 1 rings (SSSR count). The molecule has 2 N–H and O–H groups in total. The van der Waals surface area contributed by atoms with Gasteiger partial charge in [0.2, 0.25) is 0 Å². The van der Waals surface area contributed by atoms with Crippen LogP contribution in [-0.4, -0.2) is 52.5 Å². The number of aliphatic imine (C=N–C) groups is 1. The van der Waals surface area contributed by atoms with Crippen molar-refractivity contribution >= 4 is 5.96 Å². The molecule has 0 aromatic heterocycles. The smallest absolute Gasteiger partial charge is 0.191 e. The zero-order valence-electron chi connectivity index (χ0n) is 16.3. The summed E-state index contributed by atoms with van der Waals surface area (Å²) in [6.07, 6.45) is 7.44. The van der Waals surface area contributed by atoms with Crippen LogP contribution >= 0.6 is 0 Å². The number of methoxy groups -OCH3 is 1.